The lowest BCUT2D eigenvalue weighted by atomic mass is 10.2. The highest BCUT2D eigenvalue weighted by Gasteiger charge is 2.10. The second-order valence-corrected chi connectivity index (χ2v) is 4.49. The SMILES string of the molecule is O=[N+]([O-])c1cccc(-c2nc3ccc(Cl)cc3[nH]2)c1. The van der Waals surface area contributed by atoms with Gasteiger partial charge in [-0.25, -0.2) is 4.98 Å². The van der Waals surface area contributed by atoms with E-state index in [-0.39, 0.29) is 5.69 Å². The molecule has 1 aromatic heterocycles. The molecule has 19 heavy (non-hydrogen) atoms. The molecule has 0 radical (unpaired) electrons. The van der Waals surface area contributed by atoms with Crippen LogP contribution in [-0.4, -0.2) is 14.9 Å². The van der Waals surface area contributed by atoms with E-state index in [4.69, 9.17) is 11.6 Å². The predicted molar refractivity (Wildman–Crippen MR) is 73.2 cm³/mol. The van der Waals surface area contributed by atoms with E-state index in [0.29, 0.717) is 16.4 Å². The molecule has 0 bridgehead atoms. The number of aromatic amines is 1. The lowest BCUT2D eigenvalue weighted by Gasteiger charge is -1.96. The maximum Gasteiger partial charge on any atom is 0.270 e. The van der Waals surface area contributed by atoms with Gasteiger partial charge in [-0.3, -0.25) is 10.1 Å². The fraction of sp³-hybridized carbons (Fsp3) is 0. The molecular weight excluding hydrogens is 266 g/mol. The first-order valence-electron chi connectivity index (χ1n) is 5.53. The summed E-state index contributed by atoms with van der Waals surface area (Å²) >= 11 is 5.90. The van der Waals surface area contributed by atoms with Gasteiger partial charge in [0.15, 0.2) is 0 Å². The quantitative estimate of drug-likeness (QED) is 0.570. The molecule has 0 saturated heterocycles. The molecule has 0 amide bonds. The van der Waals surface area contributed by atoms with Gasteiger partial charge in [0.2, 0.25) is 0 Å². The number of fused-ring (bicyclic) bond motifs is 1. The molecule has 0 atom stereocenters. The minimum atomic E-state index is -0.428. The number of imidazole rings is 1. The van der Waals surface area contributed by atoms with Crippen LogP contribution < -0.4 is 0 Å². The highest BCUT2D eigenvalue weighted by Crippen LogP contribution is 2.25. The summed E-state index contributed by atoms with van der Waals surface area (Å²) < 4.78 is 0. The third kappa shape index (κ3) is 2.15. The van der Waals surface area contributed by atoms with E-state index in [1.165, 1.54) is 12.1 Å². The van der Waals surface area contributed by atoms with E-state index in [1.54, 1.807) is 30.3 Å². The van der Waals surface area contributed by atoms with Crippen molar-refractivity contribution in [2.45, 2.75) is 0 Å². The maximum atomic E-state index is 10.8. The maximum absolute atomic E-state index is 10.8. The molecule has 3 rings (SSSR count). The molecule has 0 unspecified atom stereocenters. The van der Waals surface area contributed by atoms with Crippen LogP contribution in [0.4, 0.5) is 5.69 Å². The van der Waals surface area contributed by atoms with Crippen molar-refractivity contribution < 1.29 is 4.92 Å². The van der Waals surface area contributed by atoms with Crippen molar-refractivity contribution in [3.8, 4) is 11.4 Å². The summed E-state index contributed by atoms with van der Waals surface area (Å²) in [4.78, 5) is 17.8. The van der Waals surface area contributed by atoms with Gasteiger partial charge in [0, 0.05) is 22.7 Å². The fourth-order valence-electron chi connectivity index (χ4n) is 1.89. The monoisotopic (exact) mass is 273 g/mol. The van der Waals surface area contributed by atoms with E-state index >= 15 is 0 Å². The second-order valence-electron chi connectivity index (χ2n) is 4.05. The molecule has 5 nitrogen and oxygen atoms in total. The summed E-state index contributed by atoms with van der Waals surface area (Å²) in [5.74, 6) is 0.584. The predicted octanol–water partition coefficient (Wildman–Crippen LogP) is 3.79. The van der Waals surface area contributed by atoms with Crippen LogP contribution in [0.1, 0.15) is 0 Å². The minimum Gasteiger partial charge on any atom is -0.338 e. The van der Waals surface area contributed by atoms with Crippen molar-refractivity contribution in [3.05, 3.63) is 57.6 Å². The fourth-order valence-corrected chi connectivity index (χ4v) is 2.06. The Morgan fingerprint density at radius 2 is 2.05 bits per heavy atom. The summed E-state index contributed by atoms with van der Waals surface area (Å²) in [6, 6.07) is 11.7. The molecule has 0 aliphatic rings. The number of halogens is 1. The summed E-state index contributed by atoms with van der Waals surface area (Å²) in [6.07, 6.45) is 0. The molecule has 94 valence electrons. The smallest absolute Gasteiger partial charge is 0.270 e. The Morgan fingerprint density at radius 1 is 1.21 bits per heavy atom. The summed E-state index contributed by atoms with van der Waals surface area (Å²) in [7, 11) is 0. The molecule has 2 aromatic carbocycles. The normalized spacial score (nSPS) is 10.8. The number of benzene rings is 2. The molecule has 1 N–H and O–H groups in total. The first kappa shape index (κ1) is 11.7. The second kappa shape index (κ2) is 4.37. The zero-order valence-electron chi connectivity index (χ0n) is 9.63. The van der Waals surface area contributed by atoms with Crippen LogP contribution in [0.3, 0.4) is 0 Å². The first-order valence-corrected chi connectivity index (χ1v) is 5.91. The topological polar surface area (TPSA) is 71.8 Å². The average molecular weight is 274 g/mol. The van der Waals surface area contributed by atoms with Crippen LogP contribution in [0.2, 0.25) is 5.02 Å². The van der Waals surface area contributed by atoms with Crippen molar-refractivity contribution >= 4 is 28.3 Å². The van der Waals surface area contributed by atoms with Crippen LogP contribution >= 0.6 is 11.6 Å². The van der Waals surface area contributed by atoms with Crippen LogP contribution in [0.25, 0.3) is 22.4 Å². The van der Waals surface area contributed by atoms with Gasteiger partial charge in [0.1, 0.15) is 5.82 Å². The third-order valence-corrected chi connectivity index (χ3v) is 3.01. The number of non-ortho nitro benzene ring substituents is 1. The number of rotatable bonds is 2. The Kier molecular flexibility index (Phi) is 2.68. The summed E-state index contributed by atoms with van der Waals surface area (Å²) in [6.45, 7) is 0. The third-order valence-electron chi connectivity index (χ3n) is 2.77. The number of aromatic nitrogens is 2. The van der Waals surface area contributed by atoms with Gasteiger partial charge in [-0.05, 0) is 18.2 Å². The number of H-pyrrole nitrogens is 1. The van der Waals surface area contributed by atoms with Crippen molar-refractivity contribution in [1.29, 1.82) is 0 Å². The number of nitrogens with zero attached hydrogens (tertiary/aromatic N) is 2. The Bertz CT molecular complexity index is 782. The Hall–Kier alpha value is -2.40. The summed E-state index contributed by atoms with van der Waals surface area (Å²) in [5.41, 5.74) is 2.28. The number of nitro benzene ring substituents is 1. The lowest BCUT2D eigenvalue weighted by Crippen LogP contribution is -1.88. The van der Waals surface area contributed by atoms with Gasteiger partial charge >= 0.3 is 0 Å². The van der Waals surface area contributed by atoms with E-state index in [0.717, 1.165) is 11.0 Å². The van der Waals surface area contributed by atoms with Gasteiger partial charge < -0.3 is 4.98 Å². The van der Waals surface area contributed by atoms with E-state index < -0.39 is 4.92 Å². The molecule has 0 aliphatic heterocycles. The van der Waals surface area contributed by atoms with Crippen LogP contribution in [0.15, 0.2) is 42.5 Å². The molecule has 3 aromatic rings. The largest absolute Gasteiger partial charge is 0.338 e. The van der Waals surface area contributed by atoms with Crippen LogP contribution in [0.5, 0.6) is 0 Å². The minimum absolute atomic E-state index is 0.0380. The van der Waals surface area contributed by atoms with Crippen LogP contribution in [0, 0.1) is 10.1 Å². The molecule has 0 saturated carbocycles. The van der Waals surface area contributed by atoms with Gasteiger partial charge in [-0.2, -0.15) is 0 Å². The van der Waals surface area contributed by atoms with E-state index in [9.17, 15) is 10.1 Å². The molecule has 1 heterocycles. The highest BCUT2D eigenvalue weighted by molar-refractivity contribution is 6.31. The summed E-state index contributed by atoms with van der Waals surface area (Å²) in [5, 5.41) is 11.4. The van der Waals surface area contributed by atoms with E-state index in [2.05, 4.69) is 9.97 Å². The highest BCUT2D eigenvalue weighted by atomic mass is 35.5. The Morgan fingerprint density at radius 3 is 2.84 bits per heavy atom. The zero-order valence-corrected chi connectivity index (χ0v) is 10.4. The zero-order chi connectivity index (χ0) is 13.4. The van der Waals surface area contributed by atoms with Crippen LogP contribution in [-0.2, 0) is 0 Å². The lowest BCUT2D eigenvalue weighted by molar-refractivity contribution is -0.384. The van der Waals surface area contributed by atoms with Gasteiger partial charge in [0.25, 0.3) is 5.69 Å². The average Bonchev–Trinajstić information content (AvgIpc) is 2.81. The van der Waals surface area contributed by atoms with Gasteiger partial charge in [0.05, 0.1) is 16.0 Å². The van der Waals surface area contributed by atoms with Crippen molar-refractivity contribution in [2.75, 3.05) is 0 Å². The molecule has 0 aliphatic carbocycles. The van der Waals surface area contributed by atoms with Crippen molar-refractivity contribution in [2.24, 2.45) is 0 Å². The van der Waals surface area contributed by atoms with Crippen molar-refractivity contribution in [1.82, 2.24) is 9.97 Å². The Balaban J connectivity index is 2.13. The number of nitro groups is 1. The van der Waals surface area contributed by atoms with E-state index in [1.807, 2.05) is 0 Å². The van der Waals surface area contributed by atoms with Gasteiger partial charge in [-0.15, -0.1) is 0 Å². The van der Waals surface area contributed by atoms with Gasteiger partial charge in [-0.1, -0.05) is 23.7 Å². The Labute approximate surface area is 113 Å². The molecular formula is C13H8ClN3O2. The first-order chi connectivity index (χ1) is 9.13. The number of hydrogen-bond donors (Lipinski definition) is 1. The standard InChI is InChI=1S/C13H8ClN3O2/c14-9-4-5-11-12(7-9)16-13(15-11)8-2-1-3-10(6-8)17(18)19/h1-7H,(H,15,16). The molecule has 0 fully saturated rings. The molecule has 6 heteroatoms. The number of hydrogen-bond acceptors (Lipinski definition) is 3. The molecule has 0 spiro atoms. The number of nitrogens with one attached hydrogen (secondary N) is 1. The van der Waals surface area contributed by atoms with Crippen molar-refractivity contribution in [3.63, 3.8) is 0 Å².